The number of anilines is 2. The van der Waals surface area contributed by atoms with E-state index in [0.29, 0.717) is 23.8 Å². The highest BCUT2D eigenvalue weighted by Gasteiger charge is 2.22. The van der Waals surface area contributed by atoms with Crippen LogP contribution in [0.2, 0.25) is 0 Å². The SMILES string of the molecule is CN1CCN(c2ccc(Sc3cc(NC(=O)CN)c4c(c3)OCO4)c(OCc3ccccc3)c2)CC1. The first-order valence-corrected chi connectivity index (χ1v) is 12.8. The van der Waals surface area contributed by atoms with Gasteiger partial charge in [0.15, 0.2) is 11.5 Å². The second-order valence-electron chi connectivity index (χ2n) is 8.75. The Morgan fingerprint density at radius 1 is 1.06 bits per heavy atom. The highest BCUT2D eigenvalue weighted by Crippen LogP contribution is 2.46. The summed E-state index contributed by atoms with van der Waals surface area (Å²) < 4.78 is 17.5. The standard InChI is InChI=1S/C27H30N4O4S/c1-30-9-11-31(12-10-30)20-7-8-25(23(13-20)33-17-19-5-3-2-4-6-19)36-21-14-22(29-26(32)16-28)27-24(15-21)34-18-35-27/h2-8,13-15H,9-12,16-18,28H2,1H3,(H,29,32). The lowest BCUT2D eigenvalue weighted by Gasteiger charge is -2.34. The van der Waals surface area contributed by atoms with Gasteiger partial charge in [-0.15, -0.1) is 0 Å². The van der Waals surface area contributed by atoms with Gasteiger partial charge >= 0.3 is 0 Å². The third-order valence-corrected chi connectivity index (χ3v) is 7.19. The molecule has 3 N–H and O–H groups in total. The molecule has 0 unspecified atom stereocenters. The van der Waals surface area contributed by atoms with Crippen molar-refractivity contribution in [1.29, 1.82) is 0 Å². The molecule has 1 fully saturated rings. The number of hydrogen-bond acceptors (Lipinski definition) is 8. The van der Waals surface area contributed by atoms with Crippen molar-refractivity contribution >= 4 is 29.0 Å². The smallest absolute Gasteiger partial charge is 0.238 e. The summed E-state index contributed by atoms with van der Waals surface area (Å²) in [6.45, 7) is 4.50. The fourth-order valence-electron chi connectivity index (χ4n) is 4.16. The van der Waals surface area contributed by atoms with Crippen molar-refractivity contribution in [3.63, 3.8) is 0 Å². The Morgan fingerprint density at radius 2 is 1.86 bits per heavy atom. The van der Waals surface area contributed by atoms with E-state index in [1.54, 1.807) is 11.8 Å². The molecule has 0 aliphatic carbocycles. The van der Waals surface area contributed by atoms with E-state index >= 15 is 0 Å². The molecule has 2 aliphatic heterocycles. The van der Waals surface area contributed by atoms with Gasteiger partial charge in [0.05, 0.1) is 17.1 Å². The summed E-state index contributed by atoms with van der Waals surface area (Å²) in [5.74, 6) is 1.63. The van der Waals surface area contributed by atoms with E-state index in [4.69, 9.17) is 19.9 Å². The zero-order chi connectivity index (χ0) is 24.9. The molecule has 0 saturated carbocycles. The van der Waals surface area contributed by atoms with Crippen LogP contribution in [0.1, 0.15) is 5.56 Å². The lowest BCUT2D eigenvalue weighted by molar-refractivity contribution is -0.114. The van der Waals surface area contributed by atoms with Crippen molar-refractivity contribution in [1.82, 2.24) is 4.90 Å². The highest BCUT2D eigenvalue weighted by atomic mass is 32.2. The average molecular weight is 507 g/mol. The molecule has 3 aromatic rings. The maximum atomic E-state index is 12.0. The predicted molar refractivity (Wildman–Crippen MR) is 141 cm³/mol. The van der Waals surface area contributed by atoms with Crippen LogP contribution in [-0.2, 0) is 11.4 Å². The largest absolute Gasteiger partial charge is 0.488 e. The predicted octanol–water partition coefficient (Wildman–Crippen LogP) is 3.79. The Hall–Kier alpha value is -3.40. The molecule has 9 heteroatoms. The molecule has 0 spiro atoms. The van der Waals surface area contributed by atoms with Crippen molar-refractivity contribution in [2.75, 3.05) is 56.8 Å². The van der Waals surface area contributed by atoms with E-state index < -0.39 is 0 Å². The van der Waals surface area contributed by atoms with Gasteiger partial charge in [-0.05, 0) is 36.9 Å². The zero-order valence-electron chi connectivity index (χ0n) is 20.2. The fourth-order valence-corrected chi connectivity index (χ4v) is 5.11. The molecular formula is C27H30N4O4S. The van der Waals surface area contributed by atoms with Gasteiger partial charge in [-0.2, -0.15) is 0 Å². The Morgan fingerprint density at radius 3 is 2.64 bits per heavy atom. The van der Waals surface area contributed by atoms with Crippen LogP contribution >= 0.6 is 11.8 Å². The van der Waals surface area contributed by atoms with Crippen molar-refractivity contribution in [3.8, 4) is 17.2 Å². The molecule has 2 aliphatic rings. The van der Waals surface area contributed by atoms with Crippen LogP contribution in [-0.4, -0.2) is 57.4 Å². The molecule has 1 saturated heterocycles. The number of ether oxygens (including phenoxy) is 3. The lowest BCUT2D eigenvalue weighted by atomic mass is 10.2. The summed E-state index contributed by atoms with van der Waals surface area (Å²) in [4.78, 5) is 18.6. The number of carbonyl (C=O) groups excluding carboxylic acids is 1. The van der Waals surface area contributed by atoms with Crippen LogP contribution in [0.15, 0.2) is 70.5 Å². The number of nitrogens with zero attached hydrogens (tertiary/aromatic N) is 2. The van der Waals surface area contributed by atoms with Gasteiger partial charge in [0.1, 0.15) is 12.4 Å². The van der Waals surface area contributed by atoms with Gasteiger partial charge in [0.2, 0.25) is 12.7 Å². The first-order valence-electron chi connectivity index (χ1n) is 11.9. The number of hydrogen-bond donors (Lipinski definition) is 2. The number of likely N-dealkylation sites (N-methyl/N-ethyl adjacent to an activating group) is 1. The molecule has 5 rings (SSSR count). The third-order valence-electron chi connectivity index (χ3n) is 6.17. The van der Waals surface area contributed by atoms with Crippen molar-refractivity contribution in [2.45, 2.75) is 16.4 Å². The van der Waals surface area contributed by atoms with Gasteiger partial charge in [-0.25, -0.2) is 0 Å². The van der Waals surface area contributed by atoms with E-state index in [9.17, 15) is 4.79 Å². The Labute approximate surface area is 215 Å². The minimum atomic E-state index is -0.293. The quantitative estimate of drug-likeness (QED) is 0.477. The minimum absolute atomic E-state index is 0.111. The first-order chi connectivity index (χ1) is 17.6. The molecule has 0 bridgehead atoms. The van der Waals surface area contributed by atoms with Gasteiger partial charge in [0.25, 0.3) is 0 Å². The Kier molecular flexibility index (Phi) is 7.50. The molecule has 0 atom stereocenters. The van der Waals surface area contributed by atoms with Crippen LogP contribution in [0.4, 0.5) is 11.4 Å². The monoisotopic (exact) mass is 506 g/mol. The maximum Gasteiger partial charge on any atom is 0.238 e. The second kappa shape index (κ2) is 11.1. The number of rotatable bonds is 8. The van der Waals surface area contributed by atoms with Crippen LogP contribution in [0.3, 0.4) is 0 Å². The van der Waals surface area contributed by atoms with Gasteiger partial charge < -0.3 is 35.1 Å². The third kappa shape index (κ3) is 5.70. The maximum absolute atomic E-state index is 12.0. The number of piperazine rings is 1. The first kappa shape index (κ1) is 24.3. The van der Waals surface area contributed by atoms with E-state index in [1.165, 1.54) is 0 Å². The molecule has 36 heavy (non-hydrogen) atoms. The van der Waals surface area contributed by atoms with Crippen LogP contribution < -0.4 is 30.2 Å². The molecule has 188 valence electrons. The van der Waals surface area contributed by atoms with E-state index in [-0.39, 0.29) is 19.2 Å². The van der Waals surface area contributed by atoms with E-state index in [1.807, 2.05) is 30.3 Å². The zero-order valence-corrected chi connectivity index (χ0v) is 21.1. The molecule has 0 radical (unpaired) electrons. The second-order valence-corrected chi connectivity index (χ2v) is 9.87. The summed E-state index contributed by atoms with van der Waals surface area (Å²) in [6, 6.07) is 20.3. The number of nitrogens with two attached hydrogens (primary N) is 1. The van der Waals surface area contributed by atoms with Crippen molar-refractivity contribution < 1.29 is 19.0 Å². The van der Waals surface area contributed by atoms with E-state index in [2.05, 4.69) is 52.5 Å². The number of carbonyl (C=O) groups is 1. The topological polar surface area (TPSA) is 89.3 Å². The minimum Gasteiger partial charge on any atom is -0.488 e. The number of nitrogens with one attached hydrogen (secondary N) is 1. The van der Waals surface area contributed by atoms with Gasteiger partial charge in [-0.1, -0.05) is 42.1 Å². The summed E-state index contributed by atoms with van der Waals surface area (Å²) in [5.41, 5.74) is 8.30. The summed E-state index contributed by atoms with van der Waals surface area (Å²) in [6.07, 6.45) is 0. The number of fused-ring (bicyclic) bond motifs is 1. The van der Waals surface area contributed by atoms with E-state index in [0.717, 1.165) is 53.0 Å². The van der Waals surface area contributed by atoms with Gasteiger partial charge in [0, 0.05) is 42.8 Å². The normalized spacial score (nSPS) is 15.1. The summed E-state index contributed by atoms with van der Waals surface area (Å²) in [7, 11) is 2.15. The molecule has 2 heterocycles. The van der Waals surface area contributed by atoms with Crippen LogP contribution in [0, 0.1) is 0 Å². The highest BCUT2D eigenvalue weighted by molar-refractivity contribution is 7.99. The molecule has 1 amide bonds. The van der Waals surface area contributed by atoms with Gasteiger partial charge in [-0.3, -0.25) is 4.79 Å². The van der Waals surface area contributed by atoms with Crippen molar-refractivity contribution in [3.05, 3.63) is 66.2 Å². The van der Waals surface area contributed by atoms with Crippen molar-refractivity contribution in [2.24, 2.45) is 5.73 Å². The Balaban J connectivity index is 1.43. The summed E-state index contributed by atoms with van der Waals surface area (Å²) >= 11 is 1.55. The lowest BCUT2D eigenvalue weighted by Crippen LogP contribution is -2.44. The molecule has 0 aromatic heterocycles. The Bertz CT molecular complexity index is 1220. The molecule has 3 aromatic carbocycles. The molecular weight excluding hydrogens is 476 g/mol. The number of amides is 1. The number of benzene rings is 3. The fraction of sp³-hybridized carbons (Fsp3) is 0.296. The summed E-state index contributed by atoms with van der Waals surface area (Å²) in [5, 5.41) is 2.81. The van der Waals surface area contributed by atoms with Crippen LogP contribution in [0.25, 0.3) is 0 Å². The van der Waals surface area contributed by atoms with Crippen LogP contribution in [0.5, 0.6) is 17.2 Å². The molecule has 8 nitrogen and oxygen atoms in total. The average Bonchev–Trinajstić information content (AvgIpc) is 3.38.